The summed E-state index contributed by atoms with van der Waals surface area (Å²) >= 11 is 3.57. The van der Waals surface area contributed by atoms with E-state index < -0.39 is 0 Å². The number of benzene rings is 1. The molecule has 122 valence electrons. The van der Waals surface area contributed by atoms with E-state index in [0.29, 0.717) is 12.0 Å². The van der Waals surface area contributed by atoms with Crippen molar-refractivity contribution in [3.63, 3.8) is 0 Å². The molecule has 1 amide bonds. The summed E-state index contributed by atoms with van der Waals surface area (Å²) in [6.45, 7) is 5.00. The molecule has 22 heavy (non-hydrogen) atoms. The van der Waals surface area contributed by atoms with Gasteiger partial charge < -0.3 is 5.32 Å². The van der Waals surface area contributed by atoms with Crippen LogP contribution in [0.1, 0.15) is 45.1 Å². The van der Waals surface area contributed by atoms with E-state index in [1.54, 1.807) is 0 Å². The summed E-state index contributed by atoms with van der Waals surface area (Å²) in [6, 6.07) is 8.39. The van der Waals surface area contributed by atoms with Gasteiger partial charge >= 0.3 is 0 Å². The second-order valence-corrected chi connectivity index (χ2v) is 7.41. The third-order valence-corrected chi connectivity index (χ3v) is 5.63. The fourth-order valence-electron chi connectivity index (χ4n) is 3.07. The number of hydrogen-bond donors (Lipinski definition) is 1. The summed E-state index contributed by atoms with van der Waals surface area (Å²) in [5.41, 5.74) is 1.20. The van der Waals surface area contributed by atoms with Crippen molar-refractivity contribution >= 4 is 21.8 Å². The van der Waals surface area contributed by atoms with Gasteiger partial charge in [0.25, 0.3) is 0 Å². The third-order valence-electron chi connectivity index (χ3n) is 4.86. The van der Waals surface area contributed by atoms with Gasteiger partial charge in [-0.2, -0.15) is 0 Å². The van der Waals surface area contributed by atoms with Crippen molar-refractivity contribution in [1.29, 1.82) is 0 Å². The lowest BCUT2D eigenvalue weighted by Gasteiger charge is -2.32. The molecule has 3 nitrogen and oxygen atoms in total. The number of nitrogens with zero attached hydrogens (tertiary/aromatic N) is 1. The van der Waals surface area contributed by atoms with Gasteiger partial charge in [0.2, 0.25) is 5.91 Å². The Balaban J connectivity index is 1.90. The fourth-order valence-corrected chi connectivity index (χ4v) is 3.48. The number of hydrogen-bond acceptors (Lipinski definition) is 2. The molecule has 4 heteroatoms. The van der Waals surface area contributed by atoms with Crippen LogP contribution >= 0.6 is 15.9 Å². The average Bonchev–Trinajstić information content (AvgIpc) is 2.51. The van der Waals surface area contributed by atoms with Crippen molar-refractivity contribution in [2.75, 3.05) is 7.05 Å². The summed E-state index contributed by atoms with van der Waals surface area (Å²) in [6.07, 6.45) is 4.88. The molecule has 3 atom stereocenters. The first-order valence-corrected chi connectivity index (χ1v) is 9.02. The minimum absolute atomic E-state index is 0.124. The zero-order valence-electron chi connectivity index (χ0n) is 13.8. The largest absolute Gasteiger partial charge is 0.352 e. The minimum Gasteiger partial charge on any atom is -0.352 e. The number of nitrogens with one attached hydrogen (secondary N) is 1. The van der Waals surface area contributed by atoms with Crippen molar-refractivity contribution in [3.05, 3.63) is 34.3 Å². The number of rotatable bonds is 5. The predicted molar refractivity (Wildman–Crippen MR) is 94.6 cm³/mol. The molecule has 0 spiro atoms. The van der Waals surface area contributed by atoms with Gasteiger partial charge in [-0.15, -0.1) is 0 Å². The van der Waals surface area contributed by atoms with E-state index in [-0.39, 0.29) is 11.9 Å². The Labute approximate surface area is 142 Å². The normalized spacial score (nSPS) is 23.3. The number of likely N-dealkylation sites (N-methyl/N-ethyl adjacent to an activating group) is 1. The molecule has 2 rings (SSSR count). The predicted octanol–water partition coefficient (Wildman–Crippen LogP) is 3.96. The number of carbonyl (C=O) groups excluding carboxylic acids is 1. The van der Waals surface area contributed by atoms with Crippen molar-refractivity contribution < 1.29 is 4.79 Å². The topological polar surface area (TPSA) is 32.3 Å². The molecule has 3 unspecified atom stereocenters. The molecule has 1 aliphatic rings. The van der Waals surface area contributed by atoms with Crippen molar-refractivity contribution in [3.8, 4) is 0 Å². The molecule has 1 N–H and O–H groups in total. The highest BCUT2D eigenvalue weighted by molar-refractivity contribution is 9.10. The van der Waals surface area contributed by atoms with Crippen LogP contribution in [0.5, 0.6) is 0 Å². The monoisotopic (exact) mass is 366 g/mol. The van der Waals surface area contributed by atoms with Gasteiger partial charge in [-0.3, -0.25) is 9.69 Å². The molecule has 1 aromatic carbocycles. The summed E-state index contributed by atoms with van der Waals surface area (Å²) in [5.74, 6) is 0.742. The summed E-state index contributed by atoms with van der Waals surface area (Å²) in [4.78, 5) is 14.6. The van der Waals surface area contributed by atoms with Crippen LogP contribution in [0.3, 0.4) is 0 Å². The number of halogens is 1. The van der Waals surface area contributed by atoms with E-state index >= 15 is 0 Å². The van der Waals surface area contributed by atoms with Crippen LogP contribution in [0.2, 0.25) is 0 Å². The van der Waals surface area contributed by atoms with Crippen LogP contribution in [0.4, 0.5) is 0 Å². The van der Waals surface area contributed by atoms with Gasteiger partial charge in [-0.05, 0) is 44.4 Å². The molecule has 0 heterocycles. The SMILES string of the molecule is CC1CCCCC1NC(=O)C(C)N(C)Cc1ccccc1Br. The maximum Gasteiger partial charge on any atom is 0.237 e. The molecule has 1 aliphatic carbocycles. The Bertz CT molecular complexity index is 506. The first-order chi connectivity index (χ1) is 10.5. The van der Waals surface area contributed by atoms with E-state index in [4.69, 9.17) is 0 Å². The van der Waals surface area contributed by atoms with E-state index in [2.05, 4.69) is 39.1 Å². The molecule has 0 radical (unpaired) electrons. The van der Waals surface area contributed by atoms with E-state index in [1.165, 1.54) is 24.8 Å². The number of amides is 1. The second kappa shape index (κ2) is 8.11. The lowest BCUT2D eigenvalue weighted by molar-refractivity contribution is -0.126. The Morgan fingerprint density at radius 1 is 1.36 bits per heavy atom. The van der Waals surface area contributed by atoms with Crippen LogP contribution < -0.4 is 5.32 Å². The van der Waals surface area contributed by atoms with Crippen LogP contribution in [-0.4, -0.2) is 29.9 Å². The zero-order valence-corrected chi connectivity index (χ0v) is 15.4. The lowest BCUT2D eigenvalue weighted by Crippen LogP contribution is -2.49. The highest BCUT2D eigenvalue weighted by Crippen LogP contribution is 2.24. The van der Waals surface area contributed by atoms with Crippen molar-refractivity contribution in [2.24, 2.45) is 5.92 Å². The Morgan fingerprint density at radius 2 is 2.05 bits per heavy atom. The van der Waals surface area contributed by atoms with Crippen molar-refractivity contribution in [2.45, 2.75) is 58.2 Å². The van der Waals surface area contributed by atoms with E-state index in [1.807, 2.05) is 32.2 Å². The Morgan fingerprint density at radius 3 is 2.73 bits per heavy atom. The quantitative estimate of drug-likeness (QED) is 0.854. The molecule has 0 bridgehead atoms. The van der Waals surface area contributed by atoms with E-state index in [9.17, 15) is 4.79 Å². The molecule has 1 fully saturated rings. The lowest BCUT2D eigenvalue weighted by atomic mass is 9.86. The molecule has 0 saturated heterocycles. The van der Waals surface area contributed by atoms with Gasteiger partial charge in [0, 0.05) is 17.1 Å². The molecular weight excluding hydrogens is 340 g/mol. The fraction of sp³-hybridized carbons (Fsp3) is 0.611. The van der Waals surface area contributed by atoms with Crippen LogP contribution in [0, 0.1) is 5.92 Å². The number of carbonyl (C=O) groups is 1. The van der Waals surface area contributed by atoms with Crippen molar-refractivity contribution in [1.82, 2.24) is 10.2 Å². The maximum atomic E-state index is 12.5. The van der Waals surface area contributed by atoms with E-state index in [0.717, 1.165) is 17.4 Å². The van der Waals surface area contributed by atoms with Crippen LogP contribution in [0.15, 0.2) is 28.7 Å². The van der Waals surface area contributed by atoms with Crippen LogP contribution in [0.25, 0.3) is 0 Å². The highest BCUT2D eigenvalue weighted by atomic mass is 79.9. The molecule has 1 aromatic rings. The molecule has 0 aromatic heterocycles. The minimum atomic E-state index is -0.124. The highest BCUT2D eigenvalue weighted by Gasteiger charge is 2.26. The van der Waals surface area contributed by atoms with Gasteiger partial charge in [-0.25, -0.2) is 0 Å². The van der Waals surface area contributed by atoms with Gasteiger partial charge in [0.05, 0.1) is 6.04 Å². The standard InChI is InChI=1S/C18H27BrN2O/c1-13-8-4-7-11-17(13)20-18(22)14(2)21(3)12-15-9-5-6-10-16(15)19/h5-6,9-10,13-14,17H,4,7-8,11-12H2,1-3H3,(H,20,22). The third kappa shape index (κ3) is 4.56. The smallest absolute Gasteiger partial charge is 0.237 e. The first kappa shape index (κ1) is 17.5. The second-order valence-electron chi connectivity index (χ2n) is 6.56. The Kier molecular flexibility index (Phi) is 6.45. The zero-order chi connectivity index (χ0) is 16.1. The maximum absolute atomic E-state index is 12.5. The Hall–Kier alpha value is -0.870. The summed E-state index contributed by atoms with van der Waals surface area (Å²) in [5, 5.41) is 3.26. The summed E-state index contributed by atoms with van der Waals surface area (Å²) in [7, 11) is 2.01. The first-order valence-electron chi connectivity index (χ1n) is 8.23. The molecule has 1 saturated carbocycles. The van der Waals surface area contributed by atoms with Gasteiger partial charge in [-0.1, -0.05) is 53.9 Å². The van der Waals surface area contributed by atoms with Gasteiger partial charge in [0.1, 0.15) is 0 Å². The molecule has 0 aliphatic heterocycles. The summed E-state index contributed by atoms with van der Waals surface area (Å²) < 4.78 is 1.09. The average molecular weight is 367 g/mol. The molecular formula is C18H27BrN2O. The van der Waals surface area contributed by atoms with Crippen LogP contribution in [-0.2, 0) is 11.3 Å². The van der Waals surface area contributed by atoms with Gasteiger partial charge in [0.15, 0.2) is 0 Å².